The van der Waals surface area contributed by atoms with Crippen molar-refractivity contribution in [2.75, 3.05) is 0 Å². The Kier molecular flexibility index (Phi) is 12.3. The first-order chi connectivity index (χ1) is 24.7. The fourth-order valence-electron chi connectivity index (χ4n) is 10.6. The number of aliphatic hydroxyl groups is 2. The molecule has 0 bridgehead atoms. The highest BCUT2D eigenvalue weighted by atomic mass is 16.6. The topological polar surface area (TPSA) is 119 Å². The van der Waals surface area contributed by atoms with Crippen molar-refractivity contribution in [3.05, 3.63) is 47.6 Å². The zero-order valence-corrected chi connectivity index (χ0v) is 32.4. The summed E-state index contributed by atoms with van der Waals surface area (Å²) in [5, 5.41) is 20.4. The van der Waals surface area contributed by atoms with Gasteiger partial charge in [0.05, 0.1) is 30.5 Å². The number of fused-ring (bicyclic) bond motifs is 2. The summed E-state index contributed by atoms with van der Waals surface area (Å²) < 4.78 is 17.8. The average Bonchev–Trinajstić information content (AvgIpc) is 3.05. The average molecular weight is 721 g/mol. The lowest BCUT2D eigenvalue weighted by Crippen LogP contribution is -2.43. The van der Waals surface area contributed by atoms with Crippen LogP contribution in [0.5, 0.6) is 0 Å². The highest BCUT2D eigenvalue weighted by Crippen LogP contribution is 2.50. The molecule has 0 amide bonds. The fraction of sp³-hybridized carbons (Fsp3) is 0.750. The predicted molar refractivity (Wildman–Crippen MR) is 199 cm³/mol. The first kappa shape index (κ1) is 39.0. The van der Waals surface area contributed by atoms with Gasteiger partial charge in [0.1, 0.15) is 18.3 Å². The third kappa shape index (κ3) is 9.14. The second-order valence-corrected chi connectivity index (χ2v) is 18.3. The largest absolute Gasteiger partial charge is 0.462 e. The Balaban J connectivity index is 1.11. The first-order valence-corrected chi connectivity index (χ1v) is 20.4. The number of hydrogen-bond acceptors (Lipinski definition) is 8. The van der Waals surface area contributed by atoms with E-state index in [1.165, 1.54) is 11.1 Å². The number of esters is 3. The Bertz CT molecular complexity index is 1440. The van der Waals surface area contributed by atoms with Crippen LogP contribution in [0.15, 0.2) is 47.6 Å². The standard InChI is InChI=1S/C44H64O8/c1-25-17-29-9-7-27(3)36(13-11-34-21-32(45)23-39(47)50-34)41(29)31(18-25)15-16-44(5,6)43(49)52-38-20-26(2)19-30-10-8-28(4)37(42(30)38)14-12-35-22-33(46)24-40(48)51-35/h7-10,17,19,25-28,31-38,41-42,45-46H,11-16,18,20-24H2,1-6H3/t25-,26+,27-,28+,31-,32+,33-,34+,35+,36-,37+,38+,41-,42+/m0/s1. The molecule has 2 aliphatic heterocycles. The first-order valence-electron chi connectivity index (χ1n) is 20.4. The zero-order chi connectivity index (χ0) is 37.3. The van der Waals surface area contributed by atoms with Crippen LogP contribution in [0.1, 0.15) is 119 Å². The molecule has 0 aromatic rings. The molecule has 2 saturated heterocycles. The lowest BCUT2D eigenvalue weighted by molar-refractivity contribution is -0.166. The van der Waals surface area contributed by atoms with E-state index in [0.29, 0.717) is 60.7 Å². The number of cyclic esters (lactones) is 2. The molecule has 288 valence electrons. The molecule has 2 heterocycles. The van der Waals surface area contributed by atoms with Crippen LogP contribution in [0.2, 0.25) is 0 Å². The molecule has 8 heteroatoms. The van der Waals surface area contributed by atoms with E-state index in [2.05, 4.69) is 78.0 Å². The van der Waals surface area contributed by atoms with Crippen LogP contribution in [0, 0.1) is 58.7 Å². The molecule has 0 unspecified atom stereocenters. The maximum Gasteiger partial charge on any atom is 0.311 e. The summed E-state index contributed by atoms with van der Waals surface area (Å²) in [6.07, 6.45) is 19.9. The van der Waals surface area contributed by atoms with Gasteiger partial charge < -0.3 is 24.4 Å². The van der Waals surface area contributed by atoms with Crippen molar-refractivity contribution in [2.45, 2.75) is 149 Å². The van der Waals surface area contributed by atoms with E-state index in [1.54, 1.807) is 0 Å². The SMILES string of the molecule is C[C@@H]1C=C2C=C[C@@H](C)[C@@H](CC[C@@H]3C[C@H](O)CC(=O)O3)[C@@H]2[C@H](OC(=O)C(C)(C)CC[C@H]2C[C@@H](C)C=C3C=C[C@H](C)[C@H](CC[C@@H]4C[C@@H](O)CC(=O)O4)[C@@H]32)C1. The second kappa shape index (κ2) is 16.3. The number of aliphatic hydroxyl groups excluding tert-OH is 2. The van der Waals surface area contributed by atoms with Gasteiger partial charge in [0, 0.05) is 18.8 Å². The van der Waals surface area contributed by atoms with Gasteiger partial charge in [-0.25, -0.2) is 0 Å². The number of allylic oxidation sites excluding steroid dienone is 7. The van der Waals surface area contributed by atoms with Crippen LogP contribution < -0.4 is 0 Å². The summed E-state index contributed by atoms with van der Waals surface area (Å²) in [6.45, 7) is 13.1. The molecule has 4 aliphatic carbocycles. The van der Waals surface area contributed by atoms with Crippen molar-refractivity contribution < 1.29 is 38.8 Å². The summed E-state index contributed by atoms with van der Waals surface area (Å²) in [5.74, 6) is 2.27. The van der Waals surface area contributed by atoms with E-state index in [0.717, 1.165) is 44.9 Å². The quantitative estimate of drug-likeness (QED) is 0.164. The maximum absolute atomic E-state index is 14.2. The van der Waals surface area contributed by atoms with Gasteiger partial charge in [-0.15, -0.1) is 0 Å². The number of carbonyl (C=O) groups is 3. The Hall–Kier alpha value is -2.71. The van der Waals surface area contributed by atoms with Gasteiger partial charge >= 0.3 is 17.9 Å². The molecule has 0 aromatic heterocycles. The van der Waals surface area contributed by atoms with Crippen molar-refractivity contribution >= 4 is 17.9 Å². The van der Waals surface area contributed by atoms with Crippen molar-refractivity contribution in [3.8, 4) is 0 Å². The summed E-state index contributed by atoms with van der Waals surface area (Å²) in [5.41, 5.74) is 2.01. The van der Waals surface area contributed by atoms with Crippen LogP contribution in [0.25, 0.3) is 0 Å². The zero-order valence-electron chi connectivity index (χ0n) is 32.4. The summed E-state index contributed by atoms with van der Waals surface area (Å²) >= 11 is 0. The molecule has 6 rings (SSSR count). The molecule has 0 radical (unpaired) electrons. The minimum absolute atomic E-state index is 0.0696. The van der Waals surface area contributed by atoms with Gasteiger partial charge in [-0.05, 0) is 124 Å². The van der Waals surface area contributed by atoms with Crippen LogP contribution in [-0.4, -0.2) is 58.6 Å². The molecule has 52 heavy (non-hydrogen) atoms. The smallest absolute Gasteiger partial charge is 0.311 e. The van der Waals surface area contributed by atoms with Crippen LogP contribution in [-0.2, 0) is 28.6 Å². The van der Waals surface area contributed by atoms with Crippen LogP contribution in [0.3, 0.4) is 0 Å². The Morgan fingerprint density at radius 3 is 1.77 bits per heavy atom. The van der Waals surface area contributed by atoms with Crippen LogP contribution >= 0.6 is 0 Å². The number of ether oxygens (including phenoxy) is 3. The molecule has 0 saturated carbocycles. The third-order valence-electron chi connectivity index (χ3n) is 13.4. The number of carbonyl (C=O) groups excluding carboxylic acids is 3. The van der Waals surface area contributed by atoms with Gasteiger partial charge in [-0.2, -0.15) is 0 Å². The van der Waals surface area contributed by atoms with E-state index in [-0.39, 0.29) is 60.9 Å². The monoisotopic (exact) mass is 720 g/mol. The minimum atomic E-state index is -0.648. The van der Waals surface area contributed by atoms with Crippen molar-refractivity contribution in [3.63, 3.8) is 0 Å². The molecular weight excluding hydrogens is 656 g/mol. The molecule has 6 aliphatic rings. The van der Waals surface area contributed by atoms with Gasteiger partial charge in [0.25, 0.3) is 0 Å². The molecule has 8 nitrogen and oxygen atoms in total. The number of hydrogen-bond donors (Lipinski definition) is 2. The molecule has 2 fully saturated rings. The Morgan fingerprint density at radius 1 is 0.731 bits per heavy atom. The van der Waals surface area contributed by atoms with Gasteiger partial charge in [0.15, 0.2) is 0 Å². The van der Waals surface area contributed by atoms with Gasteiger partial charge in [0.2, 0.25) is 0 Å². The predicted octanol–water partition coefficient (Wildman–Crippen LogP) is 7.82. The van der Waals surface area contributed by atoms with Crippen molar-refractivity contribution in [1.82, 2.24) is 0 Å². The van der Waals surface area contributed by atoms with E-state index >= 15 is 0 Å². The lowest BCUT2D eigenvalue weighted by Gasteiger charge is -2.45. The summed E-state index contributed by atoms with van der Waals surface area (Å²) in [6, 6.07) is 0. The minimum Gasteiger partial charge on any atom is -0.462 e. The molecule has 0 aromatic carbocycles. The maximum atomic E-state index is 14.2. The third-order valence-corrected chi connectivity index (χ3v) is 13.4. The molecule has 0 spiro atoms. The molecule has 14 atom stereocenters. The van der Waals surface area contributed by atoms with Crippen molar-refractivity contribution in [1.29, 1.82) is 0 Å². The van der Waals surface area contributed by atoms with Crippen molar-refractivity contribution in [2.24, 2.45) is 58.7 Å². The molecule has 2 N–H and O–H groups in total. The van der Waals surface area contributed by atoms with Gasteiger partial charge in [-0.3, -0.25) is 14.4 Å². The second-order valence-electron chi connectivity index (χ2n) is 18.3. The summed E-state index contributed by atoms with van der Waals surface area (Å²) in [4.78, 5) is 38.3. The van der Waals surface area contributed by atoms with Crippen LogP contribution in [0.4, 0.5) is 0 Å². The highest BCUT2D eigenvalue weighted by molar-refractivity contribution is 5.76. The van der Waals surface area contributed by atoms with Gasteiger partial charge in [-0.1, -0.05) is 64.2 Å². The summed E-state index contributed by atoms with van der Waals surface area (Å²) in [7, 11) is 0. The Labute approximate surface area is 311 Å². The normalized spacial score (nSPS) is 40.5. The van der Waals surface area contributed by atoms with E-state index in [4.69, 9.17) is 14.2 Å². The molecular formula is C44H64O8. The fourth-order valence-corrected chi connectivity index (χ4v) is 10.6. The van der Waals surface area contributed by atoms with E-state index in [9.17, 15) is 24.6 Å². The Morgan fingerprint density at radius 2 is 1.23 bits per heavy atom. The van der Waals surface area contributed by atoms with E-state index < -0.39 is 17.6 Å². The van der Waals surface area contributed by atoms with E-state index in [1.807, 2.05) is 0 Å². The lowest BCUT2D eigenvalue weighted by atomic mass is 9.60. The highest BCUT2D eigenvalue weighted by Gasteiger charge is 2.45. The number of rotatable bonds is 11.